The van der Waals surface area contributed by atoms with Gasteiger partial charge in [0.1, 0.15) is 6.61 Å². The summed E-state index contributed by atoms with van der Waals surface area (Å²) in [7, 11) is -2.41. The van der Waals surface area contributed by atoms with Crippen molar-refractivity contribution in [3.63, 3.8) is 0 Å². The highest BCUT2D eigenvalue weighted by atomic mass is 32.2. The number of hydrogen-bond acceptors (Lipinski definition) is 7. The second-order valence-corrected chi connectivity index (χ2v) is 8.26. The minimum atomic E-state index is -3.87. The number of sulfone groups is 1. The predicted molar refractivity (Wildman–Crippen MR) is 109 cm³/mol. The minimum absolute atomic E-state index is 0.000916. The first-order valence-electron chi connectivity index (χ1n) is 9.05. The standard InChI is InChI=1S/C22H18N2O5S/c1-27-19-13-21(30(25,26)17-10-6-3-7-11-17)18(22-23-15-29-24-22)12-20(19)28-14-16-8-4-2-5-9-16/h2-13,15H,14H2,1H3. The lowest BCUT2D eigenvalue weighted by Crippen LogP contribution is -2.06. The van der Waals surface area contributed by atoms with Crippen LogP contribution in [0, 0.1) is 0 Å². The van der Waals surface area contributed by atoms with E-state index in [-0.39, 0.29) is 33.5 Å². The zero-order valence-electron chi connectivity index (χ0n) is 16.1. The molecule has 0 saturated carbocycles. The van der Waals surface area contributed by atoms with Crippen molar-refractivity contribution in [2.45, 2.75) is 16.4 Å². The van der Waals surface area contributed by atoms with Crippen LogP contribution in [-0.4, -0.2) is 25.7 Å². The molecular weight excluding hydrogens is 404 g/mol. The number of hydrogen-bond donors (Lipinski definition) is 0. The molecule has 0 aliphatic carbocycles. The summed E-state index contributed by atoms with van der Waals surface area (Å²) in [6, 6.07) is 20.7. The number of benzene rings is 3. The van der Waals surface area contributed by atoms with Gasteiger partial charge in [-0.15, -0.1) is 0 Å². The van der Waals surface area contributed by atoms with Gasteiger partial charge in [-0.1, -0.05) is 53.7 Å². The van der Waals surface area contributed by atoms with Gasteiger partial charge in [0, 0.05) is 11.6 Å². The van der Waals surface area contributed by atoms with Gasteiger partial charge in [0.05, 0.1) is 16.9 Å². The molecule has 0 N–H and O–H groups in total. The summed E-state index contributed by atoms with van der Waals surface area (Å²) in [5.41, 5.74) is 1.22. The fourth-order valence-electron chi connectivity index (χ4n) is 2.96. The summed E-state index contributed by atoms with van der Waals surface area (Å²) in [5, 5.41) is 3.82. The number of methoxy groups -OCH3 is 1. The van der Waals surface area contributed by atoms with Crippen molar-refractivity contribution in [1.29, 1.82) is 0 Å². The normalized spacial score (nSPS) is 11.2. The average Bonchev–Trinajstić information content (AvgIpc) is 3.33. The zero-order chi connectivity index (χ0) is 21.0. The topological polar surface area (TPSA) is 91.5 Å². The van der Waals surface area contributed by atoms with Gasteiger partial charge in [0.25, 0.3) is 0 Å². The molecule has 1 heterocycles. The van der Waals surface area contributed by atoms with Crippen molar-refractivity contribution in [2.24, 2.45) is 0 Å². The molecule has 0 aliphatic heterocycles. The molecule has 0 bridgehead atoms. The molecule has 7 nitrogen and oxygen atoms in total. The largest absolute Gasteiger partial charge is 0.493 e. The van der Waals surface area contributed by atoms with Gasteiger partial charge in [-0.2, -0.15) is 4.98 Å². The Labute approximate surface area is 173 Å². The van der Waals surface area contributed by atoms with Gasteiger partial charge in [-0.3, -0.25) is 0 Å². The average molecular weight is 422 g/mol. The molecule has 0 amide bonds. The van der Waals surface area contributed by atoms with Gasteiger partial charge in [0.2, 0.25) is 22.1 Å². The Hall–Kier alpha value is -3.65. The van der Waals surface area contributed by atoms with Crippen LogP contribution in [0.5, 0.6) is 11.5 Å². The van der Waals surface area contributed by atoms with Gasteiger partial charge in [0.15, 0.2) is 11.5 Å². The van der Waals surface area contributed by atoms with Crippen molar-refractivity contribution >= 4 is 9.84 Å². The van der Waals surface area contributed by atoms with Gasteiger partial charge >= 0.3 is 0 Å². The maximum atomic E-state index is 13.3. The van der Waals surface area contributed by atoms with Crippen molar-refractivity contribution in [1.82, 2.24) is 10.1 Å². The molecule has 0 spiro atoms. The Morgan fingerprint density at radius 1 is 0.933 bits per heavy atom. The molecule has 152 valence electrons. The number of rotatable bonds is 7. The highest BCUT2D eigenvalue weighted by molar-refractivity contribution is 7.91. The molecule has 4 aromatic rings. The van der Waals surface area contributed by atoms with E-state index in [1.807, 2.05) is 30.3 Å². The highest BCUT2D eigenvalue weighted by Gasteiger charge is 2.27. The second-order valence-electron chi connectivity index (χ2n) is 6.34. The predicted octanol–water partition coefficient (Wildman–Crippen LogP) is 4.16. The molecule has 0 fully saturated rings. The molecule has 0 atom stereocenters. The maximum absolute atomic E-state index is 13.3. The molecule has 0 unspecified atom stereocenters. The molecular formula is C22H18N2O5S. The van der Waals surface area contributed by atoms with Crippen molar-refractivity contribution < 1.29 is 22.4 Å². The summed E-state index contributed by atoms with van der Waals surface area (Å²) in [5.74, 6) is 0.789. The molecule has 0 radical (unpaired) electrons. The molecule has 1 aromatic heterocycles. The van der Waals surface area contributed by atoms with Crippen LogP contribution in [0.4, 0.5) is 0 Å². The Kier molecular flexibility index (Phi) is 5.49. The van der Waals surface area contributed by atoms with Crippen molar-refractivity contribution in [3.05, 3.63) is 84.8 Å². The highest BCUT2D eigenvalue weighted by Crippen LogP contribution is 2.39. The molecule has 3 aromatic carbocycles. The van der Waals surface area contributed by atoms with E-state index < -0.39 is 9.84 Å². The fraction of sp³-hybridized carbons (Fsp3) is 0.0909. The van der Waals surface area contributed by atoms with Crippen LogP contribution < -0.4 is 9.47 Å². The minimum Gasteiger partial charge on any atom is -0.493 e. The van der Waals surface area contributed by atoms with Crippen LogP contribution in [0.25, 0.3) is 11.4 Å². The van der Waals surface area contributed by atoms with Crippen molar-refractivity contribution in [3.8, 4) is 22.9 Å². The lowest BCUT2D eigenvalue weighted by Gasteiger charge is -2.15. The Morgan fingerprint density at radius 3 is 2.27 bits per heavy atom. The third kappa shape index (κ3) is 3.90. The van der Waals surface area contributed by atoms with Crippen LogP contribution >= 0.6 is 0 Å². The Bertz CT molecular complexity index is 1230. The van der Waals surface area contributed by atoms with Crippen LogP contribution in [0.2, 0.25) is 0 Å². The van der Waals surface area contributed by atoms with Gasteiger partial charge in [-0.05, 0) is 23.8 Å². The maximum Gasteiger partial charge on any atom is 0.214 e. The summed E-state index contributed by atoms with van der Waals surface area (Å²) in [4.78, 5) is 4.18. The quantitative estimate of drug-likeness (QED) is 0.442. The van der Waals surface area contributed by atoms with E-state index in [0.717, 1.165) is 12.0 Å². The van der Waals surface area contributed by atoms with E-state index in [1.165, 1.54) is 25.3 Å². The van der Waals surface area contributed by atoms with Crippen LogP contribution in [-0.2, 0) is 16.4 Å². The second kappa shape index (κ2) is 8.38. The third-order valence-corrected chi connectivity index (χ3v) is 6.26. The van der Waals surface area contributed by atoms with Crippen LogP contribution in [0.3, 0.4) is 0 Å². The molecule has 8 heteroatoms. The first-order valence-corrected chi connectivity index (χ1v) is 10.5. The van der Waals surface area contributed by atoms with Gasteiger partial charge < -0.3 is 14.0 Å². The van der Waals surface area contributed by atoms with Gasteiger partial charge in [-0.25, -0.2) is 8.42 Å². The monoisotopic (exact) mass is 422 g/mol. The zero-order valence-corrected chi connectivity index (χ0v) is 16.9. The van der Waals surface area contributed by atoms with E-state index >= 15 is 0 Å². The first kappa shape index (κ1) is 19.7. The van der Waals surface area contributed by atoms with E-state index in [1.54, 1.807) is 24.3 Å². The van der Waals surface area contributed by atoms with Crippen LogP contribution in [0.15, 0.2) is 93.5 Å². The lowest BCUT2D eigenvalue weighted by atomic mass is 10.2. The smallest absolute Gasteiger partial charge is 0.214 e. The number of aromatic nitrogens is 2. The lowest BCUT2D eigenvalue weighted by molar-refractivity contribution is 0.284. The van der Waals surface area contributed by atoms with E-state index in [4.69, 9.17) is 14.0 Å². The van der Waals surface area contributed by atoms with E-state index in [9.17, 15) is 8.42 Å². The SMILES string of the molecule is COc1cc(S(=O)(=O)c2ccccc2)c(-c2ncon2)cc1OCc1ccccc1. The third-order valence-electron chi connectivity index (χ3n) is 4.45. The fourth-order valence-corrected chi connectivity index (χ4v) is 4.43. The van der Waals surface area contributed by atoms with Crippen molar-refractivity contribution in [2.75, 3.05) is 7.11 Å². The summed E-state index contributed by atoms with van der Waals surface area (Å²) >= 11 is 0. The summed E-state index contributed by atoms with van der Waals surface area (Å²) in [6.45, 7) is 0.285. The number of nitrogens with zero attached hydrogens (tertiary/aromatic N) is 2. The molecule has 0 saturated heterocycles. The molecule has 0 aliphatic rings. The first-order chi connectivity index (χ1) is 14.6. The van der Waals surface area contributed by atoms with E-state index in [2.05, 4.69) is 10.1 Å². The Balaban J connectivity index is 1.82. The van der Waals surface area contributed by atoms with Crippen LogP contribution in [0.1, 0.15) is 5.56 Å². The number of ether oxygens (including phenoxy) is 2. The summed E-state index contributed by atoms with van der Waals surface area (Å²) in [6.07, 6.45) is 1.14. The Morgan fingerprint density at radius 2 is 1.63 bits per heavy atom. The van der Waals surface area contributed by atoms with E-state index in [0.29, 0.717) is 5.75 Å². The summed E-state index contributed by atoms with van der Waals surface area (Å²) < 4.78 is 42.8. The molecule has 4 rings (SSSR count). The molecule has 30 heavy (non-hydrogen) atoms.